The van der Waals surface area contributed by atoms with E-state index in [9.17, 15) is 22.8 Å². The number of amides is 2. The molecule has 0 radical (unpaired) electrons. The molecule has 150 valence electrons. The van der Waals surface area contributed by atoms with Crippen molar-refractivity contribution in [1.29, 1.82) is 0 Å². The number of halogens is 3. The lowest BCUT2D eigenvalue weighted by atomic mass is 10.1. The number of hydrogen-bond donors (Lipinski definition) is 2. The van der Waals surface area contributed by atoms with Crippen LogP contribution in [0.2, 0.25) is 0 Å². The first-order valence-corrected chi connectivity index (χ1v) is 9.03. The van der Waals surface area contributed by atoms with Crippen molar-refractivity contribution in [3.63, 3.8) is 0 Å². The molecule has 29 heavy (non-hydrogen) atoms. The van der Waals surface area contributed by atoms with Gasteiger partial charge in [0, 0.05) is 25.1 Å². The zero-order chi connectivity index (χ0) is 20.9. The molecule has 2 N–H and O–H groups in total. The van der Waals surface area contributed by atoms with Gasteiger partial charge < -0.3 is 10.6 Å². The number of hydrogen-bond acceptors (Lipinski definition) is 2. The molecular weight excluding hydrogens is 381 g/mol. The molecule has 0 unspecified atom stereocenters. The van der Waals surface area contributed by atoms with Crippen LogP contribution < -0.4 is 10.6 Å². The van der Waals surface area contributed by atoms with Crippen molar-refractivity contribution >= 4 is 22.6 Å². The van der Waals surface area contributed by atoms with Crippen molar-refractivity contribution in [3.8, 4) is 0 Å². The second-order valence-corrected chi connectivity index (χ2v) is 6.54. The summed E-state index contributed by atoms with van der Waals surface area (Å²) in [5.41, 5.74) is 0.0911. The average Bonchev–Trinajstić information content (AvgIpc) is 2.71. The van der Waals surface area contributed by atoms with Crippen LogP contribution in [0.3, 0.4) is 0 Å². The Labute approximate surface area is 165 Å². The molecule has 0 atom stereocenters. The topological polar surface area (TPSA) is 58.2 Å². The molecule has 0 saturated carbocycles. The van der Waals surface area contributed by atoms with E-state index in [4.69, 9.17) is 0 Å². The Kier molecular flexibility index (Phi) is 6.16. The van der Waals surface area contributed by atoms with Crippen LogP contribution in [0.25, 0.3) is 10.8 Å². The first kappa shape index (κ1) is 20.4. The Balaban J connectivity index is 1.46. The maximum absolute atomic E-state index is 12.7. The first-order chi connectivity index (χ1) is 13.8. The molecule has 0 aliphatic rings. The Morgan fingerprint density at radius 2 is 1.59 bits per heavy atom. The van der Waals surface area contributed by atoms with Gasteiger partial charge in [-0.25, -0.2) is 0 Å². The van der Waals surface area contributed by atoms with Crippen LogP contribution in [0.4, 0.5) is 13.2 Å². The maximum atomic E-state index is 12.7. The molecule has 3 aromatic rings. The molecule has 3 aromatic carbocycles. The van der Waals surface area contributed by atoms with Crippen molar-refractivity contribution in [3.05, 3.63) is 83.4 Å². The number of rotatable bonds is 6. The van der Waals surface area contributed by atoms with Gasteiger partial charge in [0.05, 0.1) is 5.56 Å². The van der Waals surface area contributed by atoms with Gasteiger partial charge >= 0.3 is 6.18 Å². The van der Waals surface area contributed by atoms with Crippen molar-refractivity contribution < 1.29 is 22.8 Å². The SMILES string of the molecule is O=C(CCNC(=O)c1ccc2ccccc2c1)NCc1cccc(C(F)(F)F)c1. The number of benzene rings is 3. The van der Waals surface area contributed by atoms with Gasteiger partial charge in [0.15, 0.2) is 0 Å². The summed E-state index contributed by atoms with van der Waals surface area (Å²) in [4.78, 5) is 24.1. The number of nitrogens with one attached hydrogen (secondary N) is 2. The molecule has 2 amide bonds. The zero-order valence-electron chi connectivity index (χ0n) is 15.4. The van der Waals surface area contributed by atoms with Crippen molar-refractivity contribution in [2.45, 2.75) is 19.1 Å². The summed E-state index contributed by atoms with van der Waals surface area (Å²) in [6.45, 7) is 0.113. The van der Waals surface area contributed by atoms with Gasteiger partial charge in [-0.3, -0.25) is 9.59 Å². The molecule has 7 heteroatoms. The third-order valence-corrected chi connectivity index (χ3v) is 4.39. The molecule has 0 heterocycles. The lowest BCUT2D eigenvalue weighted by molar-refractivity contribution is -0.137. The molecule has 0 bridgehead atoms. The van der Waals surface area contributed by atoms with E-state index in [0.29, 0.717) is 11.1 Å². The van der Waals surface area contributed by atoms with E-state index in [1.165, 1.54) is 12.1 Å². The fourth-order valence-electron chi connectivity index (χ4n) is 2.87. The number of carbonyl (C=O) groups is 2. The van der Waals surface area contributed by atoms with Crippen LogP contribution in [-0.4, -0.2) is 18.4 Å². The van der Waals surface area contributed by atoms with E-state index in [1.807, 2.05) is 30.3 Å². The molecule has 0 aliphatic heterocycles. The van der Waals surface area contributed by atoms with E-state index in [0.717, 1.165) is 22.9 Å². The highest BCUT2D eigenvalue weighted by molar-refractivity contribution is 5.98. The predicted molar refractivity (Wildman–Crippen MR) is 104 cm³/mol. The van der Waals surface area contributed by atoms with Crippen molar-refractivity contribution in [2.24, 2.45) is 0 Å². The monoisotopic (exact) mass is 400 g/mol. The summed E-state index contributed by atoms with van der Waals surface area (Å²) >= 11 is 0. The highest BCUT2D eigenvalue weighted by atomic mass is 19.4. The number of alkyl halides is 3. The standard InChI is InChI=1S/C22H19F3N2O2/c23-22(24,25)19-7-3-4-15(12-19)14-27-20(28)10-11-26-21(29)18-9-8-16-5-1-2-6-17(16)13-18/h1-9,12-13H,10-11,14H2,(H,26,29)(H,27,28). The third kappa shape index (κ3) is 5.57. The van der Waals surface area contributed by atoms with Gasteiger partial charge in [-0.05, 0) is 40.6 Å². The van der Waals surface area contributed by atoms with Crippen LogP contribution in [0.15, 0.2) is 66.7 Å². The second kappa shape index (κ2) is 8.77. The van der Waals surface area contributed by atoms with Crippen LogP contribution in [-0.2, 0) is 17.5 Å². The van der Waals surface area contributed by atoms with Crippen molar-refractivity contribution in [2.75, 3.05) is 6.54 Å². The van der Waals surface area contributed by atoms with E-state index < -0.39 is 11.7 Å². The second-order valence-electron chi connectivity index (χ2n) is 6.54. The van der Waals surface area contributed by atoms with Crippen molar-refractivity contribution in [1.82, 2.24) is 10.6 Å². The Bertz CT molecular complexity index is 1030. The molecule has 0 fully saturated rings. The quantitative estimate of drug-likeness (QED) is 0.648. The fourth-order valence-corrected chi connectivity index (χ4v) is 2.87. The largest absolute Gasteiger partial charge is 0.416 e. The zero-order valence-corrected chi connectivity index (χ0v) is 15.4. The highest BCUT2D eigenvalue weighted by Gasteiger charge is 2.30. The minimum Gasteiger partial charge on any atom is -0.352 e. The lowest BCUT2D eigenvalue weighted by Gasteiger charge is -2.10. The Morgan fingerprint density at radius 3 is 2.34 bits per heavy atom. The van der Waals surface area contributed by atoms with Gasteiger partial charge in [-0.15, -0.1) is 0 Å². The van der Waals surface area contributed by atoms with E-state index in [1.54, 1.807) is 12.1 Å². The molecule has 0 spiro atoms. The normalized spacial score (nSPS) is 11.3. The highest BCUT2D eigenvalue weighted by Crippen LogP contribution is 2.29. The van der Waals surface area contributed by atoms with Crippen LogP contribution >= 0.6 is 0 Å². The van der Waals surface area contributed by atoms with E-state index in [2.05, 4.69) is 10.6 Å². The van der Waals surface area contributed by atoms with E-state index >= 15 is 0 Å². The molecular formula is C22H19F3N2O2. The minimum absolute atomic E-state index is 0.0125. The summed E-state index contributed by atoms with van der Waals surface area (Å²) in [5, 5.41) is 7.20. The minimum atomic E-state index is -4.42. The number of carbonyl (C=O) groups excluding carboxylic acids is 2. The smallest absolute Gasteiger partial charge is 0.352 e. The molecule has 3 rings (SSSR count). The van der Waals surface area contributed by atoms with E-state index in [-0.39, 0.29) is 31.3 Å². The summed E-state index contributed by atoms with van der Waals surface area (Å²) in [6.07, 6.45) is -4.40. The summed E-state index contributed by atoms with van der Waals surface area (Å²) < 4.78 is 38.1. The average molecular weight is 400 g/mol. The van der Waals surface area contributed by atoms with Crippen LogP contribution in [0.5, 0.6) is 0 Å². The Hall–Kier alpha value is -3.35. The molecule has 0 aromatic heterocycles. The van der Waals surface area contributed by atoms with Gasteiger partial charge in [0.2, 0.25) is 5.91 Å². The predicted octanol–water partition coefficient (Wildman–Crippen LogP) is 4.29. The molecule has 0 aliphatic carbocycles. The third-order valence-electron chi connectivity index (χ3n) is 4.39. The summed E-state index contributed by atoms with van der Waals surface area (Å²) in [6, 6.07) is 17.8. The lowest BCUT2D eigenvalue weighted by Crippen LogP contribution is -2.30. The summed E-state index contributed by atoms with van der Waals surface area (Å²) in [7, 11) is 0. The maximum Gasteiger partial charge on any atom is 0.416 e. The summed E-state index contributed by atoms with van der Waals surface area (Å²) in [5.74, 6) is -0.650. The van der Waals surface area contributed by atoms with Gasteiger partial charge in [-0.2, -0.15) is 13.2 Å². The molecule has 4 nitrogen and oxygen atoms in total. The van der Waals surface area contributed by atoms with Gasteiger partial charge in [-0.1, -0.05) is 42.5 Å². The Morgan fingerprint density at radius 1 is 0.828 bits per heavy atom. The van der Waals surface area contributed by atoms with Crippen LogP contribution in [0, 0.1) is 0 Å². The van der Waals surface area contributed by atoms with Gasteiger partial charge in [0.1, 0.15) is 0 Å². The number of fused-ring (bicyclic) bond motifs is 1. The first-order valence-electron chi connectivity index (χ1n) is 9.03. The van der Waals surface area contributed by atoms with Gasteiger partial charge in [0.25, 0.3) is 5.91 Å². The van der Waals surface area contributed by atoms with Crippen LogP contribution in [0.1, 0.15) is 27.9 Å². The fraction of sp³-hybridized carbons (Fsp3) is 0.182. The molecule has 0 saturated heterocycles.